The lowest BCUT2D eigenvalue weighted by Gasteiger charge is -1.98. The number of ketones is 1. The maximum Gasteiger partial charge on any atom is 0.211 e. The molecule has 82 valence electrons. The van der Waals surface area contributed by atoms with Crippen LogP contribution in [-0.4, -0.2) is 22.5 Å². The van der Waals surface area contributed by atoms with Gasteiger partial charge in [0.2, 0.25) is 6.41 Å². The van der Waals surface area contributed by atoms with Gasteiger partial charge in [-0.1, -0.05) is 29.8 Å². The minimum absolute atomic E-state index is 0.0855. The van der Waals surface area contributed by atoms with Crippen molar-refractivity contribution in [1.29, 1.82) is 0 Å². The number of carbonyl (C=O) groups excluding carboxylic acids is 2. The number of Topliss-reactive ketones (excluding diaryl/α,β-unsaturated/α-hetero) is 1. The van der Waals surface area contributed by atoms with Crippen LogP contribution in [0.15, 0.2) is 18.3 Å². The van der Waals surface area contributed by atoms with E-state index in [-0.39, 0.29) is 11.1 Å². The molecule has 5 heteroatoms. The van der Waals surface area contributed by atoms with E-state index in [1.54, 1.807) is 12.1 Å². The van der Waals surface area contributed by atoms with E-state index in [1.807, 2.05) is 13.8 Å². The second-order valence-electron chi connectivity index (χ2n) is 2.25. The zero-order chi connectivity index (χ0) is 11.7. The fourth-order valence-electron chi connectivity index (χ4n) is 0.781. The van der Waals surface area contributed by atoms with E-state index >= 15 is 0 Å². The summed E-state index contributed by atoms with van der Waals surface area (Å²) in [7, 11) is 0. The van der Waals surface area contributed by atoms with Crippen LogP contribution in [0.1, 0.15) is 24.3 Å². The third-order valence-electron chi connectivity index (χ3n) is 1.40. The summed E-state index contributed by atoms with van der Waals surface area (Å²) in [6.45, 7) is 4.00. The number of nitrogens with one attached hydrogen (secondary N) is 1. The Morgan fingerprint density at radius 2 is 2.20 bits per heavy atom. The van der Waals surface area contributed by atoms with Gasteiger partial charge in [0.15, 0.2) is 5.78 Å². The first kappa shape index (κ1) is 13.8. The predicted molar refractivity (Wildman–Crippen MR) is 63.4 cm³/mol. The van der Waals surface area contributed by atoms with Crippen molar-refractivity contribution in [3.05, 3.63) is 24.0 Å². The molecule has 1 N–H and O–H groups in total. The van der Waals surface area contributed by atoms with Crippen molar-refractivity contribution in [3.63, 3.8) is 0 Å². The smallest absolute Gasteiger partial charge is 0.211 e. The summed E-state index contributed by atoms with van der Waals surface area (Å²) in [5.41, 5.74) is 0.953. The molecule has 0 radical (unpaired) electrons. The summed E-state index contributed by atoms with van der Waals surface area (Å²) in [5, 5.41) is 2.68. The molecular weight excluding hydrogens is 260 g/mol. The standard InChI is InChI=1S/C8H7BrN2O2.C2H6/c9-3-8(13)7-2-1-6(4-10-7)11-5-12;1-2/h1-2,4-5H,3H2,(H,11,12);1-2H3. The van der Waals surface area contributed by atoms with Gasteiger partial charge >= 0.3 is 0 Å². The van der Waals surface area contributed by atoms with Gasteiger partial charge in [-0.15, -0.1) is 0 Å². The van der Waals surface area contributed by atoms with Gasteiger partial charge in [-0.05, 0) is 12.1 Å². The molecule has 1 amide bonds. The van der Waals surface area contributed by atoms with Crippen molar-refractivity contribution in [2.24, 2.45) is 0 Å². The summed E-state index contributed by atoms with van der Waals surface area (Å²) >= 11 is 3.04. The number of aromatic nitrogens is 1. The van der Waals surface area contributed by atoms with Gasteiger partial charge in [-0.2, -0.15) is 0 Å². The highest BCUT2D eigenvalue weighted by Crippen LogP contribution is 2.06. The Kier molecular flexibility index (Phi) is 7.44. The third kappa shape index (κ3) is 4.69. The molecule has 1 heterocycles. The molecule has 0 aliphatic heterocycles. The molecule has 0 aromatic carbocycles. The molecule has 1 aromatic heterocycles. The average molecular weight is 273 g/mol. The van der Waals surface area contributed by atoms with Crippen LogP contribution >= 0.6 is 15.9 Å². The minimum Gasteiger partial charge on any atom is -0.327 e. The Balaban J connectivity index is 0.000000921. The molecule has 1 rings (SSSR count). The lowest BCUT2D eigenvalue weighted by atomic mass is 10.2. The largest absolute Gasteiger partial charge is 0.327 e. The lowest BCUT2D eigenvalue weighted by Crippen LogP contribution is -2.03. The average Bonchev–Trinajstić information content (AvgIpc) is 2.32. The van der Waals surface area contributed by atoms with Crippen LogP contribution in [0.5, 0.6) is 0 Å². The highest BCUT2D eigenvalue weighted by atomic mass is 79.9. The van der Waals surface area contributed by atoms with Gasteiger partial charge in [0.1, 0.15) is 5.69 Å². The third-order valence-corrected chi connectivity index (χ3v) is 1.91. The van der Waals surface area contributed by atoms with Gasteiger partial charge in [0.25, 0.3) is 0 Å². The Morgan fingerprint density at radius 1 is 1.53 bits per heavy atom. The number of alkyl halides is 1. The zero-order valence-corrected chi connectivity index (χ0v) is 10.2. The fraction of sp³-hybridized carbons (Fsp3) is 0.300. The van der Waals surface area contributed by atoms with Crippen LogP contribution in [0.2, 0.25) is 0 Å². The molecule has 0 atom stereocenters. The van der Waals surface area contributed by atoms with Gasteiger partial charge in [0.05, 0.1) is 17.2 Å². The van der Waals surface area contributed by atoms with Crippen LogP contribution in [-0.2, 0) is 4.79 Å². The molecule has 1 aromatic rings. The quantitative estimate of drug-likeness (QED) is 0.520. The minimum atomic E-state index is -0.0855. The molecule has 0 aliphatic rings. The molecule has 15 heavy (non-hydrogen) atoms. The molecular formula is C10H13BrN2O2. The second kappa shape index (κ2) is 8.11. The summed E-state index contributed by atoms with van der Waals surface area (Å²) in [5.74, 6) is -0.0855. The zero-order valence-electron chi connectivity index (χ0n) is 8.66. The molecule has 0 aliphatic carbocycles. The molecule has 0 spiro atoms. The summed E-state index contributed by atoms with van der Waals surface area (Å²) < 4.78 is 0. The van der Waals surface area contributed by atoms with Crippen molar-refractivity contribution in [3.8, 4) is 0 Å². The number of pyridine rings is 1. The van der Waals surface area contributed by atoms with Crippen LogP contribution in [0, 0.1) is 0 Å². The van der Waals surface area contributed by atoms with Crippen LogP contribution in [0.3, 0.4) is 0 Å². The molecule has 0 bridgehead atoms. The highest BCUT2D eigenvalue weighted by Gasteiger charge is 2.04. The van der Waals surface area contributed by atoms with E-state index in [1.165, 1.54) is 6.20 Å². The summed E-state index contributed by atoms with van der Waals surface area (Å²) in [4.78, 5) is 25.0. The van der Waals surface area contributed by atoms with E-state index in [2.05, 4.69) is 26.2 Å². The van der Waals surface area contributed by atoms with Crippen LogP contribution in [0.25, 0.3) is 0 Å². The number of halogens is 1. The van der Waals surface area contributed by atoms with Crippen molar-refractivity contribution in [2.75, 3.05) is 10.6 Å². The number of amides is 1. The van der Waals surface area contributed by atoms with Crippen molar-refractivity contribution in [2.45, 2.75) is 13.8 Å². The Hall–Kier alpha value is -1.23. The monoisotopic (exact) mass is 272 g/mol. The van der Waals surface area contributed by atoms with Crippen molar-refractivity contribution >= 4 is 33.8 Å². The van der Waals surface area contributed by atoms with Gasteiger partial charge in [0, 0.05) is 0 Å². The normalized spacial score (nSPS) is 8.47. The van der Waals surface area contributed by atoms with E-state index in [0.29, 0.717) is 17.8 Å². The van der Waals surface area contributed by atoms with E-state index in [9.17, 15) is 9.59 Å². The topological polar surface area (TPSA) is 59.1 Å². The molecule has 0 unspecified atom stereocenters. The summed E-state index contributed by atoms with van der Waals surface area (Å²) in [6.07, 6.45) is 1.99. The first-order valence-corrected chi connectivity index (χ1v) is 5.65. The summed E-state index contributed by atoms with van der Waals surface area (Å²) in [6, 6.07) is 3.19. The Labute approximate surface area is 97.2 Å². The maximum atomic E-state index is 11.1. The number of hydrogen-bond acceptors (Lipinski definition) is 3. The fourth-order valence-corrected chi connectivity index (χ4v) is 1.07. The van der Waals surface area contributed by atoms with Gasteiger partial charge in [-0.25, -0.2) is 0 Å². The van der Waals surface area contributed by atoms with Crippen molar-refractivity contribution < 1.29 is 9.59 Å². The van der Waals surface area contributed by atoms with Crippen LogP contribution in [0.4, 0.5) is 5.69 Å². The Bertz CT molecular complexity index is 312. The first-order chi connectivity index (χ1) is 7.27. The number of anilines is 1. The highest BCUT2D eigenvalue weighted by molar-refractivity contribution is 9.09. The first-order valence-electron chi connectivity index (χ1n) is 4.53. The number of nitrogens with zero attached hydrogens (tertiary/aromatic N) is 1. The number of carbonyl (C=O) groups is 2. The SMILES string of the molecule is CC.O=CNc1ccc(C(=O)CBr)nc1. The maximum absolute atomic E-state index is 11.1. The van der Waals surface area contributed by atoms with Gasteiger partial charge in [-0.3, -0.25) is 14.6 Å². The molecule has 0 saturated carbocycles. The molecule has 4 nitrogen and oxygen atoms in total. The number of hydrogen-bond donors (Lipinski definition) is 1. The lowest BCUT2D eigenvalue weighted by molar-refractivity contribution is -0.105. The predicted octanol–water partition coefficient (Wildman–Crippen LogP) is 2.25. The molecule has 0 fully saturated rings. The van der Waals surface area contributed by atoms with Crippen LogP contribution < -0.4 is 5.32 Å². The van der Waals surface area contributed by atoms with Gasteiger partial charge < -0.3 is 5.32 Å². The second-order valence-corrected chi connectivity index (χ2v) is 2.81. The molecule has 0 saturated heterocycles. The van der Waals surface area contributed by atoms with Crippen molar-refractivity contribution in [1.82, 2.24) is 4.98 Å². The number of rotatable bonds is 4. The van der Waals surface area contributed by atoms with E-state index in [4.69, 9.17) is 0 Å². The van der Waals surface area contributed by atoms with E-state index < -0.39 is 0 Å². The Morgan fingerprint density at radius 3 is 2.60 bits per heavy atom. The van der Waals surface area contributed by atoms with E-state index in [0.717, 1.165) is 0 Å².